The van der Waals surface area contributed by atoms with Crippen molar-refractivity contribution < 1.29 is 19.1 Å². The molecule has 0 saturated carbocycles. The Morgan fingerprint density at radius 1 is 0.800 bits per heavy atom. The van der Waals surface area contributed by atoms with Gasteiger partial charge in [0, 0.05) is 6.42 Å². The minimum atomic E-state index is -0.393. The van der Waals surface area contributed by atoms with E-state index in [0.717, 1.165) is 45.1 Å². The molecule has 0 spiro atoms. The third kappa shape index (κ3) is 17.7. The molecule has 0 amide bonds. The van der Waals surface area contributed by atoms with Crippen LogP contribution in [0.4, 0.5) is 0 Å². The van der Waals surface area contributed by atoms with Crippen LogP contribution in [0, 0.1) is 5.92 Å². The lowest BCUT2D eigenvalue weighted by Gasteiger charge is -2.18. The fraction of sp³-hybridized carbons (Fsp3) is 0.920. The van der Waals surface area contributed by atoms with Gasteiger partial charge in [0.05, 0.1) is 5.92 Å². The van der Waals surface area contributed by atoms with Crippen LogP contribution in [0.5, 0.6) is 0 Å². The van der Waals surface area contributed by atoms with Gasteiger partial charge >= 0.3 is 11.9 Å². The van der Waals surface area contributed by atoms with Gasteiger partial charge in [0.1, 0.15) is 12.7 Å². The lowest BCUT2D eigenvalue weighted by atomic mass is 9.95. The predicted molar refractivity (Wildman–Crippen MR) is 125 cm³/mol. The quantitative estimate of drug-likeness (QED) is 0.172. The minimum Gasteiger partial charge on any atom is -0.462 e. The molecule has 5 nitrogen and oxygen atoms in total. The molecule has 0 saturated heterocycles. The highest BCUT2D eigenvalue weighted by molar-refractivity contribution is 5.72. The zero-order chi connectivity index (χ0) is 22.6. The first kappa shape index (κ1) is 28.9. The van der Waals surface area contributed by atoms with Crippen LogP contribution in [0.15, 0.2) is 0 Å². The number of carbonyl (C=O) groups excluding carboxylic acids is 2. The number of carbonyl (C=O) groups is 2. The maximum absolute atomic E-state index is 12.6. The van der Waals surface area contributed by atoms with Gasteiger partial charge < -0.3 is 14.4 Å². The van der Waals surface area contributed by atoms with Crippen LogP contribution in [0.3, 0.4) is 0 Å². The fourth-order valence-electron chi connectivity index (χ4n) is 3.53. The summed E-state index contributed by atoms with van der Waals surface area (Å²) in [7, 11) is 3.96. The van der Waals surface area contributed by atoms with Crippen molar-refractivity contribution in [2.24, 2.45) is 5.92 Å². The Morgan fingerprint density at radius 3 is 1.97 bits per heavy atom. The SMILES string of the molecule is CCCCCCCCCCC(CCCC)C(=O)OCC(C)OC(=O)CCCN(C)C. The standard InChI is InChI=1S/C25H49NO4/c1-6-8-10-11-12-13-14-15-18-23(17-9-7-2)25(28)29-21-22(3)30-24(27)19-16-20-26(4)5/h22-23H,6-21H2,1-5H3. The summed E-state index contributed by atoms with van der Waals surface area (Å²) in [4.78, 5) is 26.5. The summed E-state index contributed by atoms with van der Waals surface area (Å²) in [5, 5.41) is 0. The van der Waals surface area contributed by atoms with Gasteiger partial charge in [0.15, 0.2) is 0 Å². The molecule has 0 aliphatic carbocycles. The summed E-state index contributed by atoms with van der Waals surface area (Å²) in [5.41, 5.74) is 0. The molecule has 2 atom stereocenters. The second kappa shape index (κ2) is 19.8. The van der Waals surface area contributed by atoms with Gasteiger partial charge in [0.25, 0.3) is 0 Å². The van der Waals surface area contributed by atoms with Crippen molar-refractivity contribution in [2.75, 3.05) is 27.2 Å². The van der Waals surface area contributed by atoms with Crippen molar-refractivity contribution in [3.05, 3.63) is 0 Å². The van der Waals surface area contributed by atoms with E-state index in [4.69, 9.17) is 9.47 Å². The Labute approximate surface area is 186 Å². The Morgan fingerprint density at radius 2 is 1.37 bits per heavy atom. The Hall–Kier alpha value is -1.10. The average Bonchev–Trinajstić information content (AvgIpc) is 2.70. The smallest absolute Gasteiger partial charge is 0.309 e. The van der Waals surface area contributed by atoms with E-state index in [0.29, 0.717) is 6.42 Å². The summed E-state index contributed by atoms with van der Waals surface area (Å²) in [6.45, 7) is 7.19. The minimum absolute atomic E-state index is 0.0203. The molecule has 0 aromatic heterocycles. The summed E-state index contributed by atoms with van der Waals surface area (Å²) in [5.74, 6) is -0.364. The van der Waals surface area contributed by atoms with Crippen molar-refractivity contribution in [3.8, 4) is 0 Å². The molecule has 0 N–H and O–H groups in total. The van der Waals surface area contributed by atoms with E-state index >= 15 is 0 Å². The number of hydrogen-bond acceptors (Lipinski definition) is 5. The molecule has 5 heteroatoms. The van der Waals surface area contributed by atoms with Crippen molar-refractivity contribution in [3.63, 3.8) is 0 Å². The highest BCUT2D eigenvalue weighted by Crippen LogP contribution is 2.20. The number of unbranched alkanes of at least 4 members (excludes halogenated alkanes) is 8. The predicted octanol–water partition coefficient (Wildman–Crippen LogP) is 6.14. The molecular weight excluding hydrogens is 378 g/mol. The molecule has 0 radical (unpaired) electrons. The normalized spacial score (nSPS) is 13.3. The molecule has 0 aliphatic rings. The van der Waals surface area contributed by atoms with Crippen LogP contribution < -0.4 is 0 Å². The first-order valence-corrected chi connectivity index (χ1v) is 12.4. The molecule has 30 heavy (non-hydrogen) atoms. The van der Waals surface area contributed by atoms with E-state index in [2.05, 4.69) is 13.8 Å². The highest BCUT2D eigenvalue weighted by Gasteiger charge is 2.21. The first-order chi connectivity index (χ1) is 14.4. The van der Waals surface area contributed by atoms with Crippen LogP contribution in [0.2, 0.25) is 0 Å². The zero-order valence-corrected chi connectivity index (χ0v) is 20.5. The monoisotopic (exact) mass is 427 g/mol. The Kier molecular flexibility index (Phi) is 19.1. The molecule has 0 heterocycles. The van der Waals surface area contributed by atoms with E-state index in [1.54, 1.807) is 6.92 Å². The van der Waals surface area contributed by atoms with Gasteiger partial charge in [-0.15, -0.1) is 0 Å². The summed E-state index contributed by atoms with van der Waals surface area (Å²) < 4.78 is 10.9. The summed E-state index contributed by atoms with van der Waals surface area (Å²) in [6.07, 6.45) is 14.9. The van der Waals surface area contributed by atoms with Gasteiger partial charge in [-0.25, -0.2) is 0 Å². The van der Waals surface area contributed by atoms with Gasteiger partial charge in [-0.2, -0.15) is 0 Å². The fourth-order valence-corrected chi connectivity index (χ4v) is 3.53. The van der Waals surface area contributed by atoms with E-state index in [-0.39, 0.29) is 24.5 Å². The summed E-state index contributed by atoms with van der Waals surface area (Å²) >= 11 is 0. The van der Waals surface area contributed by atoms with Crippen molar-refractivity contribution in [1.29, 1.82) is 0 Å². The van der Waals surface area contributed by atoms with Crippen LogP contribution >= 0.6 is 0 Å². The molecule has 2 unspecified atom stereocenters. The summed E-state index contributed by atoms with van der Waals surface area (Å²) in [6, 6.07) is 0. The third-order valence-electron chi connectivity index (χ3n) is 5.42. The van der Waals surface area contributed by atoms with Gasteiger partial charge in [0.2, 0.25) is 0 Å². The topological polar surface area (TPSA) is 55.8 Å². The van der Waals surface area contributed by atoms with Crippen LogP contribution in [-0.2, 0) is 19.1 Å². The van der Waals surface area contributed by atoms with E-state index < -0.39 is 6.10 Å². The van der Waals surface area contributed by atoms with Crippen molar-refractivity contribution >= 4 is 11.9 Å². The molecule has 0 bridgehead atoms. The molecule has 0 aromatic rings. The molecule has 0 rings (SSSR count). The Balaban J connectivity index is 4.10. The zero-order valence-electron chi connectivity index (χ0n) is 20.5. The number of ether oxygens (including phenoxy) is 2. The van der Waals surface area contributed by atoms with E-state index in [1.807, 2.05) is 19.0 Å². The molecule has 0 aliphatic heterocycles. The maximum atomic E-state index is 12.6. The second-order valence-corrected chi connectivity index (χ2v) is 8.94. The largest absolute Gasteiger partial charge is 0.462 e. The molecule has 178 valence electrons. The van der Waals surface area contributed by atoms with Crippen LogP contribution in [0.1, 0.15) is 111 Å². The molecule has 0 aromatic carbocycles. The first-order valence-electron chi connectivity index (χ1n) is 12.4. The maximum Gasteiger partial charge on any atom is 0.309 e. The van der Waals surface area contributed by atoms with E-state index in [1.165, 1.54) is 44.9 Å². The van der Waals surface area contributed by atoms with Gasteiger partial charge in [-0.05, 0) is 46.8 Å². The van der Waals surface area contributed by atoms with Crippen LogP contribution in [0.25, 0.3) is 0 Å². The van der Waals surface area contributed by atoms with Gasteiger partial charge in [-0.3, -0.25) is 9.59 Å². The second-order valence-electron chi connectivity index (χ2n) is 8.94. The number of hydrogen-bond donors (Lipinski definition) is 0. The lowest BCUT2D eigenvalue weighted by molar-refractivity contribution is -0.160. The molecular formula is C25H49NO4. The average molecular weight is 428 g/mol. The highest BCUT2D eigenvalue weighted by atomic mass is 16.6. The number of esters is 2. The van der Waals surface area contributed by atoms with Crippen LogP contribution in [-0.4, -0.2) is 50.2 Å². The third-order valence-corrected chi connectivity index (χ3v) is 5.42. The molecule has 0 fully saturated rings. The van der Waals surface area contributed by atoms with E-state index in [9.17, 15) is 9.59 Å². The van der Waals surface area contributed by atoms with Gasteiger partial charge in [-0.1, -0.05) is 78.1 Å². The Bertz CT molecular complexity index is 425. The van der Waals surface area contributed by atoms with Crippen molar-refractivity contribution in [1.82, 2.24) is 4.90 Å². The van der Waals surface area contributed by atoms with Crippen molar-refractivity contribution in [2.45, 2.75) is 117 Å². The lowest BCUT2D eigenvalue weighted by Crippen LogP contribution is -2.26. The number of nitrogens with zero attached hydrogens (tertiary/aromatic N) is 1. The number of rotatable bonds is 20.